The average molecular weight is 343 g/mol. The van der Waals surface area contributed by atoms with Crippen molar-refractivity contribution in [2.45, 2.75) is 26.2 Å². The Balaban J connectivity index is 1.91. The van der Waals surface area contributed by atoms with Gasteiger partial charge in [-0.2, -0.15) is 0 Å². The monoisotopic (exact) mass is 343 g/mol. The highest BCUT2D eigenvalue weighted by atomic mass is 32.1. The van der Waals surface area contributed by atoms with E-state index in [2.05, 4.69) is 50.4 Å². The summed E-state index contributed by atoms with van der Waals surface area (Å²) in [7, 11) is 2.95. The number of fused-ring (bicyclic) bond motifs is 1. The van der Waals surface area contributed by atoms with E-state index in [1.54, 1.807) is 11.3 Å². The second-order valence-electron chi connectivity index (χ2n) is 6.91. The number of nitrogens with zero attached hydrogens (tertiary/aromatic N) is 2. The highest BCUT2D eigenvalue weighted by Gasteiger charge is 2.25. The third kappa shape index (κ3) is 3.29. The van der Waals surface area contributed by atoms with Gasteiger partial charge in [0.15, 0.2) is 0 Å². The second kappa shape index (κ2) is 6.16. The van der Waals surface area contributed by atoms with Crippen molar-refractivity contribution in [2.75, 3.05) is 14.1 Å². The molecule has 1 aromatic carbocycles. The number of hydroxylamine groups is 3. The summed E-state index contributed by atoms with van der Waals surface area (Å²) in [5.41, 5.74) is 4.55. The van der Waals surface area contributed by atoms with E-state index in [9.17, 15) is 10.0 Å². The summed E-state index contributed by atoms with van der Waals surface area (Å²) < 4.78 is 1.39. The second-order valence-corrected chi connectivity index (χ2v) is 7.80. The summed E-state index contributed by atoms with van der Waals surface area (Å²) in [6.07, 6.45) is 2.28. The van der Waals surface area contributed by atoms with Gasteiger partial charge in [0.1, 0.15) is 20.5 Å². The van der Waals surface area contributed by atoms with Gasteiger partial charge in [0.05, 0.1) is 4.83 Å². The Morgan fingerprint density at radius 1 is 1.21 bits per heavy atom. The van der Waals surface area contributed by atoms with Crippen molar-refractivity contribution in [1.82, 2.24) is 4.40 Å². The predicted octanol–water partition coefficient (Wildman–Crippen LogP) is 4.33. The minimum absolute atomic E-state index is 0.212. The summed E-state index contributed by atoms with van der Waals surface area (Å²) in [5, 5.41) is 11.8. The maximum atomic E-state index is 12.1. The maximum Gasteiger partial charge on any atom is 0.351 e. The van der Waals surface area contributed by atoms with E-state index in [1.807, 2.05) is 9.78 Å². The molecule has 0 spiro atoms. The molecule has 0 unspecified atom stereocenters. The molecule has 0 aliphatic carbocycles. The Labute approximate surface area is 146 Å². The van der Waals surface area contributed by atoms with Crippen LogP contribution in [0.4, 0.5) is 0 Å². The molecule has 0 saturated heterocycles. The van der Waals surface area contributed by atoms with Crippen molar-refractivity contribution in [2.24, 2.45) is 0 Å². The van der Waals surface area contributed by atoms with Gasteiger partial charge in [-0.3, -0.25) is 0 Å². The van der Waals surface area contributed by atoms with Crippen molar-refractivity contribution in [3.05, 3.63) is 53.2 Å². The third-order valence-electron chi connectivity index (χ3n) is 4.26. The summed E-state index contributed by atoms with van der Waals surface area (Å²) in [6.45, 7) is 4.38. The normalized spacial score (nSPS) is 12.2. The lowest BCUT2D eigenvalue weighted by atomic mass is 10.00. The zero-order valence-electron chi connectivity index (χ0n) is 14.5. The van der Waals surface area contributed by atoms with Crippen LogP contribution < -0.4 is 0 Å². The van der Waals surface area contributed by atoms with Crippen LogP contribution in [0.25, 0.3) is 16.0 Å². The molecular formula is C19H23N2O2S+. The molecule has 0 aliphatic rings. The first kappa shape index (κ1) is 16.9. The minimum Gasteiger partial charge on any atom is -0.310 e. The van der Waals surface area contributed by atoms with Gasteiger partial charge >= 0.3 is 5.91 Å². The van der Waals surface area contributed by atoms with Crippen molar-refractivity contribution in [1.29, 1.82) is 0 Å². The number of thiazole rings is 1. The van der Waals surface area contributed by atoms with Gasteiger partial charge in [-0.25, -0.2) is 10.0 Å². The van der Waals surface area contributed by atoms with Crippen molar-refractivity contribution < 1.29 is 14.6 Å². The van der Waals surface area contributed by atoms with E-state index >= 15 is 0 Å². The van der Waals surface area contributed by atoms with E-state index in [4.69, 9.17) is 0 Å². The summed E-state index contributed by atoms with van der Waals surface area (Å²) in [4.78, 5) is 13.2. The van der Waals surface area contributed by atoms with Gasteiger partial charge in [0.2, 0.25) is 0 Å². The largest absolute Gasteiger partial charge is 0.351 e. The number of quaternary nitrogens is 1. The highest BCUT2D eigenvalue weighted by molar-refractivity contribution is 7.15. The molecule has 0 aliphatic heterocycles. The first-order valence-corrected chi connectivity index (χ1v) is 8.92. The lowest BCUT2D eigenvalue weighted by molar-refractivity contribution is -1.01. The molecule has 3 aromatic rings. The van der Waals surface area contributed by atoms with E-state index in [0.717, 1.165) is 16.1 Å². The topological polar surface area (TPSA) is 41.7 Å². The van der Waals surface area contributed by atoms with Crippen LogP contribution in [0.2, 0.25) is 0 Å². The van der Waals surface area contributed by atoms with E-state index < -0.39 is 4.65 Å². The fourth-order valence-electron chi connectivity index (χ4n) is 2.64. The first-order valence-electron chi connectivity index (χ1n) is 8.04. The summed E-state index contributed by atoms with van der Waals surface area (Å²) >= 11 is 1.61. The Bertz CT molecular complexity index is 867. The van der Waals surface area contributed by atoms with E-state index in [-0.39, 0.29) is 12.3 Å². The molecular weight excluding hydrogens is 320 g/mol. The van der Waals surface area contributed by atoms with Crippen LogP contribution in [0.15, 0.2) is 41.9 Å². The van der Waals surface area contributed by atoms with Gasteiger partial charge < -0.3 is 4.40 Å². The molecule has 0 bridgehead atoms. The minimum atomic E-state index is -0.651. The Kier molecular flexibility index (Phi) is 4.34. The smallest absolute Gasteiger partial charge is 0.310 e. The average Bonchev–Trinajstić information content (AvgIpc) is 3.08. The van der Waals surface area contributed by atoms with E-state index in [0.29, 0.717) is 5.92 Å². The Morgan fingerprint density at radius 3 is 2.46 bits per heavy atom. The highest BCUT2D eigenvalue weighted by Crippen LogP contribution is 2.28. The number of likely N-dealkylation sites (N-methyl/N-ethyl adjacent to an activating group) is 1. The van der Waals surface area contributed by atoms with Crippen LogP contribution in [-0.2, 0) is 11.2 Å². The van der Waals surface area contributed by atoms with E-state index in [1.165, 1.54) is 25.2 Å². The molecule has 24 heavy (non-hydrogen) atoms. The van der Waals surface area contributed by atoms with Gasteiger partial charge in [-0.05, 0) is 23.1 Å². The predicted molar refractivity (Wildman–Crippen MR) is 97.4 cm³/mol. The molecule has 1 N–H and O–H groups in total. The number of rotatable bonds is 4. The van der Waals surface area contributed by atoms with Crippen molar-refractivity contribution in [3.63, 3.8) is 0 Å². The molecule has 0 saturated carbocycles. The number of carbonyl (C=O) groups excluding carboxylic acids is 1. The van der Waals surface area contributed by atoms with Gasteiger partial charge in [-0.1, -0.05) is 38.1 Å². The molecule has 0 fully saturated rings. The van der Waals surface area contributed by atoms with Crippen LogP contribution >= 0.6 is 11.3 Å². The van der Waals surface area contributed by atoms with Crippen LogP contribution in [0, 0.1) is 0 Å². The number of benzene rings is 1. The van der Waals surface area contributed by atoms with Crippen LogP contribution in [0.3, 0.4) is 0 Å². The van der Waals surface area contributed by atoms with Crippen LogP contribution in [0.1, 0.15) is 31.0 Å². The zero-order chi connectivity index (χ0) is 17.5. The molecule has 4 nitrogen and oxygen atoms in total. The van der Waals surface area contributed by atoms with Crippen LogP contribution in [-0.4, -0.2) is 34.3 Å². The maximum absolute atomic E-state index is 12.1. The fourth-order valence-corrected chi connectivity index (χ4v) is 3.57. The summed E-state index contributed by atoms with van der Waals surface area (Å²) in [6, 6.07) is 10.8. The fraction of sp³-hybridized carbons (Fsp3) is 0.316. The number of carbonyl (C=O) groups is 1. The lowest BCUT2D eigenvalue weighted by Gasteiger charge is -2.15. The third-order valence-corrected chi connectivity index (χ3v) is 5.21. The number of aromatic nitrogens is 1. The van der Waals surface area contributed by atoms with Gasteiger partial charge in [0.25, 0.3) is 0 Å². The zero-order valence-corrected chi connectivity index (χ0v) is 15.3. The number of hydrogen-bond donors (Lipinski definition) is 1. The SMILES string of the molecule is CC(C)c1ccc(-c2cc3scc(CC(=O)[N+](C)(C)O)n3c2)cc1. The molecule has 1 amide bonds. The van der Waals surface area contributed by atoms with Crippen molar-refractivity contribution >= 4 is 22.1 Å². The molecule has 126 valence electrons. The standard InChI is InChI=1S/C19H23N2O2S/c1-13(2)14-5-7-15(8-6-14)16-9-18-20(11-16)17(12-24-18)10-19(22)21(3,4)23/h5-9,11-13,23H,10H2,1-4H3/q+1. The molecule has 2 heterocycles. The van der Waals surface area contributed by atoms with Crippen LogP contribution in [0.5, 0.6) is 0 Å². The van der Waals surface area contributed by atoms with Gasteiger partial charge in [0, 0.05) is 22.8 Å². The van der Waals surface area contributed by atoms with Crippen molar-refractivity contribution in [3.8, 4) is 11.1 Å². The summed E-state index contributed by atoms with van der Waals surface area (Å²) in [5.74, 6) is 0.292. The Morgan fingerprint density at radius 2 is 1.88 bits per heavy atom. The quantitative estimate of drug-likeness (QED) is 0.435. The molecule has 2 aromatic heterocycles. The molecule has 5 heteroatoms. The lowest BCUT2D eigenvalue weighted by Crippen LogP contribution is -2.43. The number of hydrogen-bond acceptors (Lipinski definition) is 3. The molecule has 3 rings (SSSR count). The molecule has 0 atom stereocenters. The van der Waals surface area contributed by atoms with Gasteiger partial charge in [-0.15, -0.1) is 16.0 Å². The Hall–Kier alpha value is -1.95. The number of amides is 1. The first-order chi connectivity index (χ1) is 11.3. The molecule has 0 radical (unpaired) electrons.